The minimum Gasteiger partial charge on any atom is -0.481 e. The van der Waals surface area contributed by atoms with Crippen molar-refractivity contribution in [2.24, 2.45) is 0 Å². The van der Waals surface area contributed by atoms with Crippen LogP contribution in [0, 0.1) is 5.82 Å². The number of para-hydroxylation sites is 1. The number of amides is 1. The smallest absolute Gasteiger partial charge is 0.312 e. The molecule has 86 valence electrons. The molecular formula is C11H12FNO3. The number of hydrogen-bond donors (Lipinski definition) is 1. The van der Waals surface area contributed by atoms with Crippen LogP contribution in [0.2, 0.25) is 0 Å². The Hall–Kier alpha value is -1.91. The molecule has 0 aliphatic heterocycles. The van der Waals surface area contributed by atoms with Gasteiger partial charge in [-0.15, -0.1) is 0 Å². The van der Waals surface area contributed by atoms with Gasteiger partial charge in [0.2, 0.25) is 5.91 Å². The molecule has 1 rings (SSSR count). The standard InChI is InChI=1S/C11H12FNO3/c1-2-13(10(14)7-11(15)16)9-6-4-3-5-8(9)12/h3-6H,2,7H2,1H3,(H,15,16). The lowest BCUT2D eigenvalue weighted by Crippen LogP contribution is -2.32. The zero-order valence-electron chi connectivity index (χ0n) is 8.81. The van der Waals surface area contributed by atoms with E-state index >= 15 is 0 Å². The fourth-order valence-corrected chi connectivity index (χ4v) is 1.38. The number of carboxylic acids is 1. The molecule has 0 heterocycles. The van der Waals surface area contributed by atoms with Gasteiger partial charge in [0.15, 0.2) is 0 Å². The van der Waals surface area contributed by atoms with Gasteiger partial charge < -0.3 is 10.0 Å². The van der Waals surface area contributed by atoms with Gasteiger partial charge in [0, 0.05) is 6.54 Å². The fourth-order valence-electron chi connectivity index (χ4n) is 1.38. The van der Waals surface area contributed by atoms with Crippen LogP contribution in [0.1, 0.15) is 13.3 Å². The molecule has 0 fully saturated rings. The first-order valence-electron chi connectivity index (χ1n) is 4.83. The summed E-state index contributed by atoms with van der Waals surface area (Å²) in [5.74, 6) is -2.39. The molecule has 0 aliphatic carbocycles. The SMILES string of the molecule is CCN(C(=O)CC(=O)O)c1ccccc1F. The topological polar surface area (TPSA) is 57.6 Å². The number of nitrogens with zero attached hydrogens (tertiary/aromatic N) is 1. The van der Waals surface area contributed by atoms with Crippen LogP contribution < -0.4 is 4.90 Å². The quantitative estimate of drug-likeness (QED) is 0.793. The molecule has 0 atom stereocenters. The number of carbonyl (C=O) groups excluding carboxylic acids is 1. The zero-order chi connectivity index (χ0) is 12.1. The van der Waals surface area contributed by atoms with Crippen LogP contribution in [0.3, 0.4) is 0 Å². The van der Waals surface area contributed by atoms with Gasteiger partial charge in [0.05, 0.1) is 5.69 Å². The Morgan fingerprint density at radius 3 is 2.50 bits per heavy atom. The molecular weight excluding hydrogens is 213 g/mol. The van der Waals surface area contributed by atoms with E-state index in [1.807, 2.05) is 0 Å². The summed E-state index contributed by atoms with van der Waals surface area (Å²) >= 11 is 0. The van der Waals surface area contributed by atoms with Crippen molar-refractivity contribution in [1.29, 1.82) is 0 Å². The summed E-state index contributed by atoms with van der Waals surface area (Å²) in [5, 5.41) is 8.50. The van der Waals surface area contributed by atoms with Crippen LogP contribution in [0.5, 0.6) is 0 Å². The minimum atomic E-state index is -1.22. The van der Waals surface area contributed by atoms with E-state index in [2.05, 4.69) is 0 Å². The lowest BCUT2D eigenvalue weighted by atomic mass is 10.2. The van der Waals surface area contributed by atoms with Crippen molar-refractivity contribution in [3.63, 3.8) is 0 Å². The van der Waals surface area contributed by atoms with Gasteiger partial charge in [0.1, 0.15) is 12.2 Å². The van der Waals surface area contributed by atoms with Crippen LogP contribution in [-0.2, 0) is 9.59 Å². The van der Waals surface area contributed by atoms with Crippen molar-refractivity contribution >= 4 is 17.6 Å². The molecule has 1 aromatic rings. The molecule has 4 nitrogen and oxygen atoms in total. The summed E-state index contributed by atoms with van der Waals surface area (Å²) in [7, 11) is 0. The molecule has 0 aliphatic rings. The first-order chi connectivity index (χ1) is 7.56. The Kier molecular flexibility index (Phi) is 3.99. The Balaban J connectivity index is 2.94. The molecule has 0 saturated heterocycles. The van der Waals surface area contributed by atoms with Crippen LogP contribution in [-0.4, -0.2) is 23.5 Å². The number of carbonyl (C=O) groups is 2. The summed E-state index contributed by atoms with van der Waals surface area (Å²) < 4.78 is 13.4. The van der Waals surface area contributed by atoms with E-state index < -0.39 is 24.1 Å². The highest BCUT2D eigenvalue weighted by molar-refractivity contribution is 6.02. The third-order valence-electron chi connectivity index (χ3n) is 2.06. The summed E-state index contributed by atoms with van der Waals surface area (Å²) in [4.78, 5) is 23.0. The number of aliphatic carboxylic acids is 1. The lowest BCUT2D eigenvalue weighted by Gasteiger charge is -2.20. The molecule has 0 spiro atoms. The van der Waals surface area contributed by atoms with Crippen molar-refractivity contribution in [2.45, 2.75) is 13.3 Å². The molecule has 0 saturated carbocycles. The van der Waals surface area contributed by atoms with Gasteiger partial charge in [-0.2, -0.15) is 0 Å². The third kappa shape index (κ3) is 2.79. The Bertz CT molecular complexity index is 406. The lowest BCUT2D eigenvalue weighted by molar-refractivity contribution is -0.140. The van der Waals surface area contributed by atoms with Gasteiger partial charge in [-0.1, -0.05) is 12.1 Å². The van der Waals surface area contributed by atoms with Crippen molar-refractivity contribution in [3.05, 3.63) is 30.1 Å². The Morgan fingerprint density at radius 2 is 2.00 bits per heavy atom. The van der Waals surface area contributed by atoms with E-state index in [9.17, 15) is 14.0 Å². The number of benzene rings is 1. The molecule has 1 N–H and O–H groups in total. The molecule has 0 aromatic heterocycles. The molecule has 0 unspecified atom stereocenters. The maximum absolute atomic E-state index is 13.4. The Morgan fingerprint density at radius 1 is 1.38 bits per heavy atom. The zero-order valence-corrected chi connectivity index (χ0v) is 8.81. The normalized spacial score (nSPS) is 9.88. The van der Waals surface area contributed by atoms with Crippen LogP contribution in [0.4, 0.5) is 10.1 Å². The third-order valence-corrected chi connectivity index (χ3v) is 2.06. The van der Waals surface area contributed by atoms with E-state index in [-0.39, 0.29) is 12.2 Å². The molecule has 0 radical (unpaired) electrons. The predicted molar refractivity (Wildman–Crippen MR) is 56.7 cm³/mol. The predicted octanol–water partition coefficient (Wildman–Crippen LogP) is 1.65. The van der Waals surface area contributed by atoms with E-state index in [4.69, 9.17) is 5.11 Å². The van der Waals surface area contributed by atoms with Crippen molar-refractivity contribution in [1.82, 2.24) is 0 Å². The van der Waals surface area contributed by atoms with Gasteiger partial charge in [0.25, 0.3) is 0 Å². The van der Waals surface area contributed by atoms with E-state index in [1.54, 1.807) is 13.0 Å². The largest absolute Gasteiger partial charge is 0.481 e. The van der Waals surface area contributed by atoms with Crippen LogP contribution in [0.15, 0.2) is 24.3 Å². The maximum Gasteiger partial charge on any atom is 0.312 e. The monoisotopic (exact) mass is 225 g/mol. The average Bonchev–Trinajstić information content (AvgIpc) is 2.20. The maximum atomic E-state index is 13.4. The molecule has 16 heavy (non-hydrogen) atoms. The highest BCUT2D eigenvalue weighted by atomic mass is 19.1. The minimum absolute atomic E-state index is 0.108. The van der Waals surface area contributed by atoms with Gasteiger partial charge in [-0.3, -0.25) is 9.59 Å². The summed E-state index contributed by atoms with van der Waals surface area (Å²) in [6, 6.07) is 5.77. The van der Waals surface area contributed by atoms with Gasteiger partial charge in [-0.05, 0) is 19.1 Å². The molecule has 5 heteroatoms. The van der Waals surface area contributed by atoms with Gasteiger partial charge in [-0.25, -0.2) is 4.39 Å². The highest BCUT2D eigenvalue weighted by Crippen LogP contribution is 2.19. The first kappa shape index (κ1) is 12.2. The number of hydrogen-bond acceptors (Lipinski definition) is 2. The Labute approximate surface area is 92.3 Å². The summed E-state index contributed by atoms with van der Waals surface area (Å²) in [5.41, 5.74) is 0.108. The second kappa shape index (κ2) is 5.25. The van der Waals surface area contributed by atoms with E-state index in [0.717, 1.165) is 4.90 Å². The van der Waals surface area contributed by atoms with E-state index in [0.29, 0.717) is 0 Å². The number of halogens is 1. The number of anilines is 1. The number of carboxylic acid groups (broad SMARTS) is 1. The fraction of sp³-hybridized carbons (Fsp3) is 0.273. The van der Waals surface area contributed by atoms with Crippen LogP contribution in [0.25, 0.3) is 0 Å². The van der Waals surface area contributed by atoms with Gasteiger partial charge >= 0.3 is 5.97 Å². The second-order valence-corrected chi connectivity index (χ2v) is 3.16. The van der Waals surface area contributed by atoms with Crippen LogP contribution >= 0.6 is 0 Å². The number of rotatable bonds is 4. The molecule has 0 bridgehead atoms. The molecule has 1 amide bonds. The summed E-state index contributed by atoms with van der Waals surface area (Å²) in [6.45, 7) is 1.89. The second-order valence-electron chi connectivity index (χ2n) is 3.16. The van der Waals surface area contributed by atoms with Crippen molar-refractivity contribution in [3.8, 4) is 0 Å². The summed E-state index contributed by atoms with van der Waals surface area (Å²) in [6.07, 6.45) is -0.637. The average molecular weight is 225 g/mol. The first-order valence-corrected chi connectivity index (χ1v) is 4.83. The highest BCUT2D eigenvalue weighted by Gasteiger charge is 2.19. The van der Waals surface area contributed by atoms with Crippen molar-refractivity contribution in [2.75, 3.05) is 11.4 Å². The molecule has 1 aromatic carbocycles. The van der Waals surface area contributed by atoms with E-state index in [1.165, 1.54) is 18.2 Å². The van der Waals surface area contributed by atoms with Crippen molar-refractivity contribution < 1.29 is 19.1 Å².